The van der Waals surface area contributed by atoms with E-state index in [-0.39, 0.29) is 10.6 Å². The molecule has 1 rings (SSSR count). The average Bonchev–Trinajstić information content (AvgIpc) is 2.20. The van der Waals surface area contributed by atoms with Crippen LogP contribution in [0.25, 0.3) is 0 Å². The molecule has 0 heterocycles. The van der Waals surface area contributed by atoms with Crippen LogP contribution in [0.2, 0.25) is 0 Å². The molecule has 0 aliphatic carbocycles. The van der Waals surface area contributed by atoms with Gasteiger partial charge in [0.25, 0.3) is 0 Å². The van der Waals surface area contributed by atoms with Crippen LogP contribution in [0.5, 0.6) is 0 Å². The van der Waals surface area contributed by atoms with Gasteiger partial charge in [0.2, 0.25) is 5.70 Å². The maximum absolute atomic E-state index is 10.5. The molecule has 0 amide bonds. The second-order valence-corrected chi connectivity index (χ2v) is 3.02. The van der Waals surface area contributed by atoms with Crippen molar-refractivity contribution < 1.29 is 4.92 Å². The highest BCUT2D eigenvalue weighted by molar-refractivity contribution is 5.15. The Balaban J connectivity index is 2.53. The van der Waals surface area contributed by atoms with Crippen molar-refractivity contribution in [3.05, 3.63) is 57.8 Å². The summed E-state index contributed by atoms with van der Waals surface area (Å²) in [6.07, 6.45) is 2.78. The second-order valence-electron chi connectivity index (χ2n) is 3.02. The van der Waals surface area contributed by atoms with Gasteiger partial charge in [0, 0.05) is 6.42 Å². The number of rotatable bonds is 4. The van der Waals surface area contributed by atoms with Crippen LogP contribution in [-0.4, -0.2) is 4.92 Å². The Hall–Kier alpha value is -1.64. The van der Waals surface area contributed by atoms with E-state index in [1.807, 2.05) is 30.3 Å². The van der Waals surface area contributed by atoms with Crippen LogP contribution in [0.15, 0.2) is 42.1 Å². The van der Waals surface area contributed by atoms with E-state index in [1.165, 1.54) is 0 Å². The average molecular weight is 191 g/mol. The molecular formula is C11H13NO2. The van der Waals surface area contributed by atoms with Gasteiger partial charge in [-0.2, -0.15) is 0 Å². The Labute approximate surface area is 83.2 Å². The minimum atomic E-state index is -0.317. The van der Waals surface area contributed by atoms with Crippen molar-refractivity contribution in [2.24, 2.45) is 0 Å². The third-order valence-electron chi connectivity index (χ3n) is 2.08. The van der Waals surface area contributed by atoms with E-state index >= 15 is 0 Å². The van der Waals surface area contributed by atoms with Crippen LogP contribution in [0.3, 0.4) is 0 Å². The lowest BCUT2D eigenvalue weighted by Crippen LogP contribution is -1.99. The number of hydrogen-bond acceptors (Lipinski definition) is 2. The van der Waals surface area contributed by atoms with E-state index in [0.29, 0.717) is 6.42 Å². The van der Waals surface area contributed by atoms with Crippen LogP contribution in [0.1, 0.15) is 18.9 Å². The first-order chi connectivity index (χ1) is 6.74. The van der Waals surface area contributed by atoms with Crippen molar-refractivity contribution in [1.82, 2.24) is 0 Å². The Morgan fingerprint density at radius 3 is 2.57 bits per heavy atom. The summed E-state index contributed by atoms with van der Waals surface area (Å²) in [7, 11) is 0. The molecule has 0 saturated heterocycles. The summed E-state index contributed by atoms with van der Waals surface area (Å²) >= 11 is 0. The smallest absolute Gasteiger partial charge is 0.242 e. The molecule has 1 aromatic rings. The number of benzene rings is 1. The third-order valence-corrected chi connectivity index (χ3v) is 2.08. The van der Waals surface area contributed by atoms with E-state index in [2.05, 4.69) is 0 Å². The van der Waals surface area contributed by atoms with Gasteiger partial charge in [-0.05, 0) is 25.0 Å². The third kappa shape index (κ3) is 3.01. The van der Waals surface area contributed by atoms with Crippen molar-refractivity contribution in [3.63, 3.8) is 0 Å². The number of nitrogens with zero attached hydrogens (tertiary/aromatic N) is 1. The normalized spacial score (nSPS) is 11.4. The monoisotopic (exact) mass is 191 g/mol. The standard InChI is InChI=1S/C11H13NO2/c1-2-11(12(13)14)9-8-10-6-4-3-5-7-10/h2-7H,8-9H2,1H3/b11-2+. The summed E-state index contributed by atoms with van der Waals surface area (Å²) in [5.74, 6) is 0. The zero-order valence-electron chi connectivity index (χ0n) is 8.14. The van der Waals surface area contributed by atoms with Crippen LogP contribution >= 0.6 is 0 Å². The summed E-state index contributed by atoms with van der Waals surface area (Å²) in [5, 5.41) is 10.5. The predicted molar refractivity (Wildman–Crippen MR) is 55.5 cm³/mol. The summed E-state index contributed by atoms with van der Waals surface area (Å²) in [6, 6.07) is 9.78. The molecule has 0 aliphatic heterocycles. The first-order valence-electron chi connectivity index (χ1n) is 4.57. The lowest BCUT2D eigenvalue weighted by molar-refractivity contribution is -0.428. The molecule has 0 spiro atoms. The Kier molecular flexibility index (Phi) is 3.85. The van der Waals surface area contributed by atoms with Crippen LogP contribution < -0.4 is 0 Å². The maximum atomic E-state index is 10.5. The highest BCUT2D eigenvalue weighted by Gasteiger charge is 2.07. The molecule has 0 saturated carbocycles. The van der Waals surface area contributed by atoms with Crippen LogP contribution in [-0.2, 0) is 6.42 Å². The van der Waals surface area contributed by atoms with Crippen molar-refractivity contribution >= 4 is 0 Å². The molecule has 0 aromatic heterocycles. The van der Waals surface area contributed by atoms with Gasteiger partial charge in [0.15, 0.2) is 0 Å². The first kappa shape index (κ1) is 10.4. The molecule has 0 unspecified atom stereocenters. The molecule has 0 atom stereocenters. The molecule has 3 heteroatoms. The van der Waals surface area contributed by atoms with E-state index < -0.39 is 0 Å². The van der Waals surface area contributed by atoms with Crippen LogP contribution in [0, 0.1) is 10.1 Å². The number of allylic oxidation sites excluding steroid dienone is 2. The van der Waals surface area contributed by atoms with E-state index in [4.69, 9.17) is 0 Å². The fourth-order valence-electron chi connectivity index (χ4n) is 1.26. The zero-order chi connectivity index (χ0) is 10.4. The highest BCUT2D eigenvalue weighted by atomic mass is 16.6. The van der Waals surface area contributed by atoms with Crippen molar-refractivity contribution in [3.8, 4) is 0 Å². The predicted octanol–water partition coefficient (Wildman–Crippen LogP) is 2.80. The van der Waals surface area contributed by atoms with Gasteiger partial charge in [-0.1, -0.05) is 30.3 Å². The van der Waals surface area contributed by atoms with Crippen molar-refractivity contribution in [2.75, 3.05) is 0 Å². The molecular weight excluding hydrogens is 178 g/mol. The fraction of sp³-hybridized carbons (Fsp3) is 0.273. The summed E-state index contributed by atoms with van der Waals surface area (Å²) in [5.41, 5.74) is 1.42. The molecule has 0 radical (unpaired) electrons. The zero-order valence-corrected chi connectivity index (χ0v) is 8.14. The Morgan fingerprint density at radius 2 is 2.07 bits per heavy atom. The van der Waals surface area contributed by atoms with Gasteiger partial charge < -0.3 is 0 Å². The van der Waals surface area contributed by atoms with Gasteiger partial charge in [-0.15, -0.1) is 0 Å². The molecule has 0 bridgehead atoms. The number of aryl methyl sites for hydroxylation is 1. The SMILES string of the molecule is C/C=C(\CCc1ccccc1)[N+](=O)[O-]. The minimum Gasteiger partial charge on any atom is -0.259 e. The second kappa shape index (κ2) is 5.17. The summed E-state index contributed by atoms with van der Waals surface area (Å²) in [4.78, 5) is 10.2. The fourth-order valence-corrected chi connectivity index (χ4v) is 1.26. The minimum absolute atomic E-state index is 0.286. The van der Waals surface area contributed by atoms with Crippen LogP contribution in [0.4, 0.5) is 0 Å². The van der Waals surface area contributed by atoms with E-state index in [1.54, 1.807) is 13.0 Å². The summed E-state index contributed by atoms with van der Waals surface area (Å²) < 4.78 is 0. The Morgan fingerprint density at radius 1 is 1.43 bits per heavy atom. The molecule has 74 valence electrons. The number of hydrogen-bond donors (Lipinski definition) is 0. The summed E-state index contributed by atoms with van der Waals surface area (Å²) in [6.45, 7) is 1.70. The maximum Gasteiger partial charge on any atom is 0.242 e. The molecule has 0 N–H and O–H groups in total. The molecule has 1 aromatic carbocycles. The van der Waals surface area contributed by atoms with Crippen molar-refractivity contribution in [1.29, 1.82) is 0 Å². The molecule has 14 heavy (non-hydrogen) atoms. The molecule has 0 fully saturated rings. The topological polar surface area (TPSA) is 43.1 Å². The lowest BCUT2D eigenvalue weighted by Gasteiger charge is -1.98. The van der Waals surface area contributed by atoms with Gasteiger partial charge in [0.05, 0.1) is 4.92 Å². The lowest BCUT2D eigenvalue weighted by atomic mass is 10.1. The van der Waals surface area contributed by atoms with E-state index in [0.717, 1.165) is 12.0 Å². The van der Waals surface area contributed by atoms with Gasteiger partial charge in [0.1, 0.15) is 0 Å². The highest BCUT2D eigenvalue weighted by Crippen LogP contribution is 2.09. The quantitative estimate of drug-likeness (QED) is 0.542. The van der Waals surface area contributed by atoms with Gasteiger partial charge in [-0.3, -0.25) is 10.1 Å². The molecule has 0 aliphatic rings. The largest absolute Gasteiger partial charge is 0.259 e. The number of nitro groups is 1. The van der Waals surface area contributed by atoms with E-state index in [9.17, 15) is 10.1 Å². The van der Waals surface area contributed by atoms with Crippen molar-refractivity contribution in [2.45, 2.75) is 19.8 Å². The first-order valence-corrected chi connectivity index (χ1v) is 4.57. The van der Waals surface area contributed by atoms with Gasteiger partial charge >= 0.3 is 0 Å². The van der Waals surface area contributed by atoms with Gasteiger partial charge in [-0.25, -0.2) is 0 Å². The Bertz CT molecular complexity index is 330. The molecule has 3 nitrogen and oxygen atoms in total.